The first-order valence-electron chi connectivity index (χ1n) is 13.6. The van der Waals surface area contributed by atoms with Crippen LogP contribution < -0.4 is 5.73 Å². The smallest absolute Gasteiger partial charge is 0.246 e. The van der Waals surface area contributed by atoms with E-state index < -0.39 is 17.6 Å². The molecule has 0 saturated heterocycles. The maximum absolute atomic E-state index is 14.2. The van der Waals surface area contributed by atoms with Gasteiger partial charge in [0.1, 0.15) is 12.1 Å². The lowest BCUT2D eigenvalue weighted by molar-refractivity contribution is -0.148. The Hall–Kier alpha value is -3.97. The second kappa shape index (κ2) is 13.4. The van der Waals surface area contributed by atoms with Gasteiger partial charge in [0, 0.05) is 46.6 Å². The van der Waals surface area contributed by atoms with E-state index >= 15 is 0 Å². The van der Waals surface area contributed by atoms with Crippen molar-refractivity contribution in [2.45, 2.75) is 50.7 Å². The van der Waals surface area contributed by atoms with Crippen LogP contribution in [-0.2, 0) is 27.2 Å². The van der Waals surface area contributed by atoms with E-state index in [0.29, 0.717) is 19.3 Å². The van der Waals surface area contributed by atoms with Crippen molar-refractivity contribution in [2.75, 3.05) is 28.2 Å². The summed E-state index contributed by atoms with van der Waals surface area (Å²) in [5, 5.41) is 2.16. The number of carbonyl (C=O) groups is 3. The number of rotatable bonds is 11. The summed E-state index contributed by atoms with van der Waals surface area (Å²) in [6, 6.07) is 22.2. The lowest BCUT2D eigenvalue weighted by atomic mass is 9.98. The molecule has 3 amide bonds. The summed E-state index contributed by atoms with van der Waals surface area (Å²) in [5.41, 5.74) is 7.49. The molecule has 1 unspecified atom stereocenters. The van der Waals surface area contributed by atoms with Gasteiger partial charge in [0.15, 0.2) is 0 Å². The van der Waals surface area contributed by atoms with Crippen molar-refractivity contribution in [2.24, 2.45) is 5.73 Å². The molecular formula is C33H42N4O3. The van der Waals surface area contributed by atoms with Crippen molar-refractivity contribution in [3.8, 4) is 0 Å². The maximum Gasteiger partial charge on any atom is 0.246 e. The Morgan fingerprint density at radius 1 is 0.750 bits per heavy atom. The quantitative estimate of drug-likeness (QED) is 0.371. The first-order valence-corrected chi connectivity index (χ1v) is 13.6. The van der Waals surface area contributed by atoms with Crippen LogP contribution in [0, 0.1) is 0 Å². The number of hydrogen-bond donors (Lipinski definition) is 1. The number of likely N-dealkylation sites (N-methyl/N-ethyl adjacent to an activating group) is 3. The number of fused-ring (bicyclic) bond motifs is 1. The first kappa shape index (κ1) is 30.6. The van der Waals surface area contributed by atoms with E-state index in [0.717, 1.165) is 21.9 Å². The van der Waals surface area contributed by atoms with Gasteiger partial charge in [0.25, 0.3) is 0 Å². The minimum absolute atomic E-state index is 0.178. The number of carbonyl (C=O) groups excluding carboxylic acids is 3. The molecule has 3 rings (SSSR count). The topological polar surface area (TPSA) is 87.0 Å². The predicted octanol–water partition coefficient (Wildman–Crippen LogP) is 4.05. The average Bonchev–Trinajstić information content (AvgIpc) is 2.92. The Labute approximate surface area is 238 Å². The Morgan fingerprint density at radius 3 is 1.95 bits per heavy atom. The molecule has 7 nitrogen and oxygen atoms in total. The normalized spacial score (nSPS) is 13.2. The second-order valence-electron chi connectivity index (χ2n) is 11.3. The zero-order chi connectivity index (χ0) is 29.4. The van der Waals surface area contributed by atoms with Crippen LogP contribution in [0.25, 0.3) is 10.8 Å². The molecular weight excluding hydrogens is 500 g/mol. The molecule has 0 aliphatic heterocycles. The Bertz CT molecular complexity index is 1340. The molecule has 212 valence electrons. The lowest BCUT2D eigenvalue weighted by Crippen LogP contribution is -2.55. The highest BCUT2D eigenvalue weighted by Crippen LogP contribution is 2.20. The van der Waals surface area contributed by atoms with Gasteiger partial charge in [-0.3, -0.25) is 14.4 Å². The van der Waals surface area contributed by atoms with Crippen LogP contribution >= 0.6 is 0 Å². The first-order chi connectivity index (χ1) is 18.9. The van der Waals surface area contributed by atoms with Gasteiger partial charge in [-0.2, -0.15) is 0 Å². The molecule has 2 N–H and O–H groups in total. The minimum atomic E-state index is -0.817. The summed E-state index contributed by atoms with van der Waals surface area (Å²) < 4.78 is 0. The SMILES string of the molecule is CN(C)C(=O)[C@@H](Cc1ccccc1)N(C)C(=O)C(Cc1ccc2ccccc2c1)N(C)C(=O)C=CCC(C)(C)N. The van der Waals surface area contributed by atoms with Crippen LogP contribution in [0.4, 0.5) is 0 Å². The van der Waals surface area contributed by atoms with Crippen LogP contribution in [0.15, 0.2) is 84.9 Å². The standard InChI is InChI=1S/C33H42N4O3/c1-33(2,34)20-12-17-30(38)36(5)29(23-25-18-19-26-15-10-11-16-27(26)21-25)32(40)37(6)28(31(39)35(3)4)22-24-13-8-7-9-14-24/h7-19,21,28-29H,20,22-23,34H2,1-6H3/t28-,29?/m1/s1. The van der Waals surface area contributed by atoms with Crippen LogP contribution in [0.5, 0.6) is 0 Å². The highest BCUT2D eigenvalue weighted by atomic mass is 16.2. The van der Waals surface area contributed by atoms with Crippen molar-refractivity contribution in [1.82, 2.24) is 14.7 Å². The fourth-order valence-electron chi connectivity index (χ4n) is 4.63. The molecule has 2 atom stereocenters. The average molecular weight is 543 g/mol. The van der Waals surface area contributed by atoms with Crippen molar-refractivity contribution in [3.63, 3.8) is 0 Å². The summed E-state index contributed by atoms with van der Waals surface area (Å²) >= 11 is 0. The maximum atomic E-state index is 14.2. The molecule has 0 aliphatic carbocycles. The molecule has 0 bridgehead atoms. The van der Waals surface area contributed by atoms with E-state index in [1.807, 2.05) is 86.6 Å². The van der Waals surface area contributed by atoms with Crippen molar-refractivity contribution >= 4 is 28.5 Å². The van der Waals surface area contributed by atoms with E-state index in [2.05, 4.69) is 0 Å². The second-order valence-corrected chi connectivity index (χ2v) is 11.3. The highest BCUT2D eigenvalue weighted by Gasteiger charge is 2.35. The van der Waals surface area contributed by atoms with E-state index in [4.69, 9.17) is 5.73 Å². The molecule has 40 heavy (non-hydrogen) atoms. The Balaban J connectivity index is 1.95. The lowest BCUT2D eigenvalue weighted by Gasteiger charge is -2.35. The van der Waals surface area contributed by atoms with E-state index in [1.165, 1.54) is 20.8 Å². The molecule has 3 aromatic rings. The van der Waals surface area contributed by atoms with E-state index in [-0.39, 0.29) is 17.7 Å². The molecule has 0 fully saturated rings. The fraction of sp³-hybridized carbons (Fsp3) is 0.364. The molecule has 3 aromatic carbocycles. The molecule has 0 saturated carbocycles. The van der Waals surface area contributed by atoms with Crippen molar-refractivity contribution in [1.29, 1.82) is 0 Å². The van der Waals surface area contributed by atoms with E-state index in [1.54, 1.807) is 34.3 Å². The third-order valence-corrected chi connectivity index (χ3v) is 7.06. The van der Waals surface area contributed by atoms with Gasteiger partial charge in [-0.05, 0) is 48.2 Å². The minimum Gasteiger partial charge on any atom is -0.347 e. The molecule has 0 heterocycles. The van der Waals surface area contributed by atoms with Gasteiger partial charge >= 0.3 is 0 Å². The number of benzene rings is 3. The number of hydrogen-bond acceptors (Lipinski definition) is 4. The fourth-order valence-corrected chi connectivity index (χ4v) is 4.63. The van der Waals surface area contributed by atoms with Crippen LogP contribution in [0.2, 0.25) is 0 Å². The molecule has 0 aromatic heterocycles. The largest absolute Gasteiger partial charge is 0.347 e. The summed E-state index contributed by atoms with van der Waals surface area (Å²) in [5.74, 6) is -0.772. The molecule has 0 radical (unpaired) electrons. The summed E-state index contributed by atoms with van der Waals surface area (Å²) in [7, 11) is 6.66. The summed E-state index contributed by atoms with van der Waals surface area (Å²) in [6.45, 7) is 3.78. The predicted molar refractivity (Wildman–Crippen MR) is 162 cm³/mol. The number of nitrogens with zero attached hydrogens (tertiary/aromatic N) is 3. The monoisotopic (exact) mass is 542 g/mol. The summed E-state index contributed by atoms with van der Waals surface area (Å²) in [6.07, 6.45) is 4.41. The van der Waals surface area contributed by atoms with Gasteiger partial charge in [-0.25, -0.2) is 0 Å². The van der Waals surface area contributed by atoms with Crippen molar-refractivity contribution in [3.05, 3.63) is 96.1 Å². The molecule has 0 aliphatic rings. The Kier molecular flexibility index (Phi) is 10.2. The Morgan fingerprint density at radius 2 is 1.32 bits per heavy atom. The zero-order valence-corrected chi connectivity index (χ0v) is 24.5. The van der Waals surface area contributed by atoms with Gasteiger partial charge in [-0.1, -0.05) is 78.9 Å². The molecule has 0 spiro atoms. The van der Waals surface area contributed by atoms with Crippen LogP contribution in [0.1, 0.15) is 31.4 Å². The molecule has 7 heteroatoms. The van der Waals surface area contributed by atoms with Crippen LogP contribution in [0.3, 0.4) is 0 Å². The highest BCUT2D eigenvalue weighted by molar-refractivity contribution is 5.95. The third kappa shape index (κ3) is 8.26. The van der Waals surface area contributed by atoms with Crippen molar-refractivity contribution < 1.29 is 14.4 Å². The zero-order valence-electron chi connectivity index (χ0n) is 24.5. The van der Waals surface area contributed by atoms with Gasteiger partial charge in [0.05, 0.1) is 0 Å². The summed E-state index contributed by atoms with van der Waals surface area (Å²) in [4.78, 5) is 45.2. The third-order valence-electron chi connectivity index (χ3n) is 7.06. The van der Waals surface area contributed by atoms with Gasteiger partial charge in [-0.15, -0.1) is 0 Å². The van der Waals surface area contributed by atoms with Crippen LogP contribution in [-0.4, -0.2) is 78.2 Å². The van der Waals surface area contributed by atoms with Gasteiger partial charge < -0.3 is 20.4 Å². The van der Waals surface area contributed by atoms with Gasteiger partial charge in [0.2, 0.25) is 17.7 Å². The van der Waals surface area contributed by atoms with E-state index in [9.17, 15) is 14.4 Å². The number of nitrogens with two attached hydrogens (primary N) is 1. The number of amides is 3.